The second-order valence-corrected chi connectivity index (χ2v) is 5.00. The lowest BCUT2D eigenvalue weighted by Crippen LogP contribution is -2.26. The Labute approximate surface area is 113 Å². The van der Waals surface area contributed by atoms with E-state index in [4.69, 9.17) is 9.84 Å². The molecule has 1 aliphatic heterocycles. The molecular weight excluding hydrogens is 268 g/mol. The van der Waals surface area contributed by atoms with Gasteiger partial charge in [0.25, 0.3) is 0 Å². The Bertz CT molecular complexity index is 527. The molecule has 1 unspecified atom stereocenters. The van der Waals surface area contributed by atoms with Crippen LogP contribution in [0.5, 0.6) is 5.75 Å². The summed E-state index contributed by atoms with van der Waals surface area (Å²) < 4.78 is 5.03. The highest BCUT2D eigenvalue weighted by Gasteiger charge is 2.31. The van der Waals surface area contributed by atoms with Crippen LogP contribution in [0.4, 0.5) is 5.69 Å². The zero-order valence-electron chi connectivity index (χ0n) is 10.1. The van der Waals surface area contributed by atoms with Crippen molar-refractivity contribution < 1.29 is 19.4 Å². The lowest BCUT2D eigenvalue weighted by molar-refractivity contribution is -0.138. The Morgan fingerprint density at radius 1 is 1.47 bits per heavy atom. The van der Waals surface area contributed by atoms with Gasteiger partial charge in [-0.1, -0.05) is 11.8 Å². The van der Waals surface area contributed by atoms with Crippen LogP contribution in [0.15, 0.2) is 29.3 Å². The van der Waals surface area contributed by atoms with Crippen molar-refractivity contribution in [3.05, 3.63) is 24.3 Å². The van der Waals surface area contributed by atoms with E-state index in [9.17, 15) is 9.59 Å². The molecule has 1 atom stereocenters. The van der Waals surface area contributed by atoms with Crippen molar-refractivity contribution >= 4 is 34.5 Å². The van der Waals surface area contributed by atoms with Gasteiger partial charge in [-0.15, -0.1) is 0 Å². The third-order valence-electron chi connectivity index (χ3n) is 2.44. The monoisotopic (exact) mass is 280 g/mol. The van der Waals surface area contributed by atoms with E-state index in [0.29, 0.717) is 10.9 Å². The first kappa shape index (κ1) is 13.4. The third-order valence-corrected chi connectivity index (χ3v) is 3.52. The Morgan fingerprint density at radius 2 is 2.16 bits per heavy atom. The maximum absolute atomic E-state index is 11.5. The Kier molecular flexibility index (Phi) is 4.06. The minimum absolute atomic E-state index is 0.210. The first-order valence-electron chi connectivity index (χ1n) is 5.50. The van der Waals surface area contributed by atoms with Gasteiger partial charge in [0.1, 0.15) is 11.0 Å². The van der Waals surface area contributed by atoms with Crippen molar-refractivity contribution in [3.8, 4) is 5.75 Å². The largest absolute Gasteiger partial charge is 0.497 e. The summed E-state index contributed by atoms with van der Waals surface area (Å²) in [5.74, 6) is -0.603. The molecule has 19 heavy (non-hydrogen) atoms. The van der Waals surface area contributed by atoms with Crippen molar-refractivity contribution in [2.24, 2.45) is 4.99 Å². The number of methoxy groups -OCH3 is 1. The van der Waals surface area contributed by atoms with Gasteiger partial charge in [0.05, 0.1) is 19.2 Å². The van der Waals surface area contributed by atoms with Crippen LogP contribution < -0.4 is 10.1 Å². The maximum atomic E-state index is 11.5. The van der Waals surface area contributed by atoms with Gasteiger partial charge in [-0.05, 0) is 24.3 Å². The number of nitrogens with zero attached hydrogens (tertiary/aromatic N) is 1. The van der Waals surface area contributed by atoms with Crippen LogP contribution >= 0.6 is 11.8 Å². The van der Waals surface area contributed by atoms with Gasteiger partial charge in [0.2, 0.25) is 5.91 Å². The smallest absolute Gasteiger partial charge is 0.305 e. The van der Waals surface area contributed by atoms with Gasteiger partial charge < -0.3 is 15.2 Å². The summed E-state index contributed by atoms with van der Waals surface area (Å²) in [6.07, 6.45) is -0.210. The van der Waals surface area contributed by atoms with Gasteiger partial charge in [-0.25, -0.2) is 4.99 Å². The molecule has 2 rings (SSSR count). The molecule has 1 saturated heterocycles. The topological polar surface area (TPSA) is 88.0 Å². The molecule has 1 amide bonds. The molecule has 1 aliphatic rings. The standard InChI is InChI=1S/C12H12N2O4S/c1-18-8-4-2-7(3-5-8)13-12-14-11(17)9(19-12)6-10(15)16/h2-5,9H,6H2,1H3,(H,15,16)(H,13,14,17). The van der Waals surface area contributed by atoms with Crippen LogP contribution in [0.3, 0.4) is 0 Å². The van der Waals surface area contributed by atoms with Gasteiger partial charge in [-0.2, -0.15) is 0 Å². The molecule has 0 aliphatic carbocycles. The zero-order valence-corrected chi connectivity index (χ0v) is 10.9. The fourth-order valence-corrected chi connectivity index (χ4v) is 2.50. The summed E-state index contributed by atoms with van der Waals surface area (Å²) in [6.45, 7) is 0. The average Bonchev–Trinajstić information content (AvgIpc) is 2.70. The predicted molar refractivity (Wildman–Crippen MR) is 71.9 cm³/mol. The van der Waals surface area contributed by atoms with Crippen LogP contribution in [0.1, 0.15) is 6.42 Å². The fourth-order valence-electron chi connectivity index (χ4n) is 1.52. The van der Waals surface area contributed by atoms with E-state index >= 15 is 0 Å². The van der Waals surface area contributed by atoms with E-state index in [2.05, 4.69) is 10.3 Å². The Morgan fingerprint density at radius 3 is 2.74 bits per heavy atom. The van der Waals surface area contributed by atoms with Crippen molar-refractivity contribution in [1.82, 2.24) is 5.32 Å². The third kappa shape index (κ3) is 3.47. The van der Waals surface area contributed by atoms with E-state index in [-0.39, 0.29) is 12.3 Å². The maximum Gasteiger partial charge on any atom is 0.305 e. The summed E-state index contributed by atoms with van der Waals surface area (Å²) >= 11 is 1.13. The number of carbonyl (C=O) groups is 2. The second-order valence-electron chi connectivity index (χ2n) is 3.81. The number of carboxylic acid groups (broad SMARTS) is 1. The SMILES string of the molecule is COc1ccc(N=C2NC(=O)C(CC(=O)O)S2)cc1. The number of aliphatic imine (C=N–C) groups is 1. The molecule has 2 N–H and O–H groups in total. The molecule has 0 bridgehead atoms. The van der Waals surface area contributed by atoms with Crippen LogP contribution in [-0.2, 0) is 9.59 Å². The van der Waals surface area contributed by atoms with E-state index in [1.807, 2.05) is 0 Å². The van der Waals surface area contributed by atoms with Crippen LogP contribution in [0, 0.1) is 0 Å². The van der Waals surface area contributed by atoms with Crippen LogP contribution in [0.2, 0.25) is 0 Å². The van der Waals surface area contributed by atoms with Crippen molar-refractivity contribution in [2.45, 2.75) is 11.7 Å². The van der Waals surface area contributed by atoms with E-state index in [1.165, 1.54) is 0 Å². The summed E-state index contributed by atoms with van der Waals surface area (Å²) in [5, 5.41) is 11.0. The molecule has 7 heteroatoms. The molecule has 100 valence electrons. The van der Waals surface area contributed by atoms with Gasteiger partial charge in [0.15, 0.2) is 5.17 Å². The molecule has 1 aromatic carbocycles. The number of nitrogens with one attached hydrogen (secondary N) is 1. The summed E-state index contributed by atoms with van der Waals surface area (Å²) in [6, 6.07) is 7.03. The quantitative estimate of drug-likeness (QED) is 0.870. The number of hydrogen-bond acceptors (Lipinski definition) is 5. The molecular formula is C12H12N2O4S. The number of ether oxygens (including phenoxy) is 1. The number of aliphatic carboxylic acids is 1. The molecule has 0 spiro atoms. The van der Waals surface area contributed by atoms with Gasteiger partial charge in [-0.3, -0.25) is 9.59 Å². The number of amidine groups is 1. The first-order chi connectivity index (χ1) is 9.08. The van der Waals surface area contributed by atoms with Crippen molar-refractivity contribution in [1.29, 1.82) is 0 Å². The van der Waals surface area contributed by atoms with Crippen LogP contribution in [-0.4, -0.2) is 34.5 Å². The van der Waals surface area contributed by atoms with E-state index < -0.39 is 11.2 Å². The van der Waals surface area contributed by atoms with E-state index in [0.717, 1.165) is 17.5 Å². The molecule has 0 saturated carbocycles. The molecule has 6 nitrogen and oxygen atoms in total. The molecule has 0 aromatic heterocycles. The molecule has 0 radical (unpaired) electrons. The highest BCUT2D eigenvalue weighted by molar-refractivity contribution is 8.15. The minimum Gasteiger partial charge on any atom is -0.497 e. The number of thioether (sulfide) groups is 1. The highest BCUT2D eigenvalue weighted by Crippen LogP contribution is 2.25. The molecule has 1 heterocycles. The average molecular weight is 280 g/mol. The first-order valence-corrected chi connectivity index (χ1v) is 6.38. The number of carboxylic acids is 1. The van der Waals surface area contributed by atoms with Crippen LogP contribution in [0.25, 0.3) is 0 Å². The summed E-state index contributed by atoms with van der Waals surface area (Å²) in [5.41, 5.74) is 0.666. The zero-order chi connectivity index (χ0) is 13.8. The van der Waals surface area contributed by atoms with Gasteiger partial charge >= 0.3 is 5.97 Å². The number of hydrogen-bond donors (Lipinski definition) is 2. The predicted octanol–water partition coefficient (Wildman–Crippen LogP) is 1.39. The van der Waals surface area contributed by atoms with Crippen molar-refractivity contribution in [3.63, 3.8) is 0 Å². The highest BCUT2D eigenvalue weighted by atomic mass is 32.2. The summed E-state index contributed by atoms with van der Waals surface area (Å²) in [4.78, 5) is 26.3. The summed E-state index contributed by atoms with van der Waals surface area (Å²) in [7, 11) is 1.57. The van der Waals surface area contributed by atoms with E-state index in [1.54, 1.807) is 31.4 Å². The Hall–Kier alpha value is -2.02. The number of benzene rings is 1. The van der Waals surface area contributed by atoms with Crippen molar-refractivity contribution in [2.75, 3.05) is 7.11 Å². The lowest BCUT2D eigenvalue weighted by atomic mass is 10.3. The number of rotatable bonds is 4. The number of amides is 1. The minimum atomic E-state index is -1.00. The lowest BCUT2D eigenvalue weighted by Gasteiger charge is -2.00. The number of carbonyl (C=O) groups excluding carboxylic acids is 1. The normalized spacial score (nSPS) is 20.4. The molecule has 1 aromatic rings. The molecule has 1 fully saturated rings. The second kappa shape index (κ2) is 5.75. The fraction of sp³-hybridized carbons (Fsp3) is 0.250. The Balaban J connectivity index is 2.08. The van der Waals surface area contributed by atoms with Gasteiger partial charge in [0, 0.05) is 0 Å².